The average molecular weight is 609 g/mol. The van der Waals surface area contributed by atoms with E-state index in [4.69, 9.17) is 0 Å². The number of fused-ring (bicyclic) bond motifs is 3. The van der Waals surface area contributed by atoms with Crippen LogP contribution < -0.4 is 24.8 Å². The van der Waals surface area contributed by atoms with Crippen molar-refractivity contribution in [1.82, 2.24) is 0 Å². The summed E-state index contributed by atoms with van der Waals surface area (Å²) in [6, 6.07) is 31.4. The van der Waals surface area contributed by atoms with E-state index in [0.717, 1.165) is 12.8 Å². The third kappa shape index (κ3) is 9.24. The third-order valence-corrected chi connectivity index (χ3v) is 7.12. The van der Waals surface area contributed by atoms with Crippen LogP contribution in [0.5, 0.6) is 0 Å². The fraction of sp³-hybridized carbons (Fsp3) is 0.294. The van der Waals surface area contributed by atoms with E-state index in [1.165, 1.54) is 77.5 Å². The molecule has 37 heavy (non-hydrogen) atoms. The van der Waals surface area contributed by atoms with Crippen molar-refractivity contribution in [1.29, 1.82) is 0 Å². The van der Waals surface area contributed by atoms with Gasteiger partial charge in [-0.3, -0.25) is 0 Å². The van der Waals surface area contributed by atoms with Gasteiger partial charge < -0.3 is 24.8 Å². The monoisotopic (exact) mass is 606 g/mol. The Morgan fingerprint density at radius 3 is 2.11 bits per heavy atom. The van der Waals surface area contributed by atoms with E-state index in [1.54, 1.807) is 0 Å². The molecule has 4 aromatic carbocycles. The smallest absolute Gasteiger partial charge is 0.0253 e. The largest absolute Gasteiger partial charge is 1.00 e. The van der Waals surface area contributed by atoms with Gasteiger partial charge in [0.05, 0.1) is 0 Å². The first-order valence-electron chi connectivity index (χ1n) is 12.6. The number of benzene rings is 3. The summed E-state index contributed by atoms with van der Waals surface area (Å²) >= 11 is 1.51. The van der Waals surface area contributed by atoms with Gasteiger partial charge in [-0.05, 0) is 6.42 Å². The van der Waals surface area contributed by atoms with Gasteiger partial charge in [-0.25, -0.2) is 6.07 Å². The Kier molecular flexibility index (Phi) is 13.6. The van der Waals surface area contributed by atoms with E-state index in [2.05, 4.69) is 127 Å². The van der Waals surface area contributed by atoms with Crippen molar-refractivity contribution in [2.45, 2.75) is 66.7 Å². The summed E-state index contributed by atoms with van der Waals surface area (Å²) in [5.74, 6) is 0. The summed E-state index contributed by atoms with van der Waals surface area (Å²) in [4.78, 5) is 0. The molecule has 0 nitrogen and oxygen atoms in total. The number of hydrogen-bond donors (Lipinski definition) is 0. The van der Waals surface area contributed by atoms with Gasteiger partial charge >= 0.3 is 76.7 Å². The van der Waals surface area contributed by atoms with Gasteiger partial charge in [0.15, 0.2) is 0 Å². The molecule has 0 bridgehead atoms. The van der Waals surface area contributed by atoms with Crippen molar-refractivity contribution in [3.8, 4) is 11.1 Å². The molecule has 0 aliphatic heterocycles. The van der Waals surface area contributed by atoms with E-state index in [0.29, 0.717) is 5.41 Å². The quantitative estimate of drug-likeness (QED) is 0.271. The summed E-state index contributed by atoms with van der Waals surface area (Å²) < 4.78 is 1.46. The molecule has 0 saturated heterocycles. The molecule has 0 radical (unpaired) electrons. The zero-order valence-corrected chi connectivity index (χ0v) is 27.1. The van der Waals surface area contributed by atoms with Crippen LogP contribution in [0.2, 0.25) is 0 Å². The molecule has 0 fully saturated rings. The first kappa shape index (κ1) is 33.4. The second kappa shape index (κ2) is 15.1. The standard InChI is InChI=1S/C13H9.C12H19.C9H10.2ClH.Zr/c1-3-7-12-10(5-1)9-11-6-2-4-8-13(11)12;1-6-10-7-9(2)8-11(10)12(3,4)5;1-3-9-6-4-8(2)5-7-9;;;/h1-5,7-8H,9H2;7-8H,6H2,1-5H3;4-7H,1-2H3;2*1H;/q2*-1;;;;+2/p-2. The summed E-state index contributed by atoms with van der Waals surface area (Å²) in [7, 11) is 0. The molecule has 4 aromatic rings. The minimum Gasteiger partial charge on any atom is -1.00 e. The van der Waals surface area contributed by atoms with Gasteiger partial charge in [-0.2, -0.15) is 52.6 Å². The van der Waals surface area contributed by atoms with E-state index in [-0.39, 0.29) is 24.8 Å². The molecule has 0 saturated carbocycles. The van der Waals surface area contributed by atoms with Crippen molar-refractivity contribution >= 4 is 3.21 Å². The predicted octanol–water partition coefficient (Wildman–Crippen LogP) is 2.72. The minimum absolute atomic E-state index is 0. The second-order valence-corrected chi connectivity index (χ2v) is 12.3. The Balaban J connectivity index is 0.000000273. The number of hydrogen-bond acceptors (Lipinski definition) is 0. The zero-order chi connectivity index (χ0) is 25.6. The van der Waals surface area contributed by atoms with Crippen LogP contribution in [0, 0.1) is 19.9 Å². The molecule has 3 heteroatoms. The van der Waals surface area contributed by atoms with Gasteiger partial charge in [-0.1, -0.05) is 81.8 Å². The third-order valence-electron chi connectivity index (χ3n) is 6.41. The predicted molar refractivity (Wildman–Crippen MR) is 149 cm³/mol. The van der Waals surface area contributed by atoms with Crippen LogP contribution in [0.1, 0.15) is 73.6 Å². The number of rotatable bonds is 2. The molecular formula is C34H38Cl2Zr-2. The van der Waals surface area contributed by atoms with Crippen LogP contribution in [0.4, 0.5) is 0 Å². The van der Waals surface area contributed by atoms with Gasteiger partial charge in [0.25, 0.3) is 0 Å². The molecule has 0 amide bonds. The first-order valence-corrected chi connectivity index (χ1v) is 13.8. The van der Waals surface area contributed by atoms with Crippen molar-refractivity contribution in [3.05, 3.63) is 124 Å². The molecule has 0 atom stereocenters. The molecule has 194 valence electrons. The molecule has 0 N–H and O–H groups in total. The Hall–Kier alpha value is -1.66. The van der Waals surface area contributed by atoms with Crippen LogP contribution >= 0.6 is 0 Å². The molecule has 5 rings (SSSR count). The van der Waals surface area contributed by atoms with Gasteiger partial charge in [-0.15, -0.1) is 5.56 Å². The molecule has 0 spiro atoms. The van der Waals surface area contributed by atoms with Crippen LogP contribution in [0.15, 0.2) is 78.9 Å². The first-order chi connectivity index (χ1) is 16.6. The van der Waals surface area contributed by atoms with Gasteiger partial charge in [0.1, 0.15) is 0 Å². The Bertz CT molecular complexity index is 1230. The van der Waals surface area contributed by atoms with E-state index >= 15 is 0 Å². The second-order valence-electron chi connectivity index (χ2n) is 10.5. The van der Waals surface area contributed by atoms with Crippen LogP contribution in [-0.4, -0.2) is 3.21 Å². The number of halogens is 2. The summed E-state index contributed by atoms with van der Waals surface area (Å²) in [6.45, 7) is 15.5. The molecular weight excluding hydrogens is 571 g/mol. The topological polar surface area (TPSA) is 0 Å². The summed E-state index contributed by atoms with van der Waals surface area (Å²) in [6.07, 6.45) is 2.20. The maximum absolute atomic E-state index is 3.30. The maximum atomic E-state index is 3.30. The summed E-state index contributed by atoms with van der Waals surface area (Å²) in [5.41, 5.74) is 13.0. The van der Waals surface area contributed by atoms with E-state index in [1.807, 2.05) is 6.07 Å². The minimum atomic E-state index is 0. The van der Waals surface area contributed by atoms with Crippen molar-refractivity contribution in [2.75, 3.05) is 0 Å². The fourth-order valence-corrected chi connectivity index (χ4v) is 4.92. The van der Waals surface area contributed by atoms with Gasteiger partial charge in [0, 0.05) is 0 Å². The molecule has 0 heterocycles. The fourth-order valence-electron chi connectivity index (χ4n) is 4.51. The molecule has 1 aliphatic rings. The molecule has 0 unspecified atom stereocenters. The summed E-state index contributed by atoms with van der Waals surface area (Å²) in [5, 5.41) is 0. The Labute approximate surface area is 252 Å². The van der Waals surface area contributed by atoms with Crippen LogP contribution in [0.3, 0.4) is 0 Å². The maximum Gasteiger partial charge on any atom is -0.0253 e. The zero-order valence-electron chi connectivity index (χ0n) is 23.2. The van der Waals surface area contributed by atoms with Gasteiger partial charge in [0.2, 0.25) is 0 Å². The van der Waals surface area contributed by atoms with Crippen LogP contribution in [0.25, 0.3) is 11.1 Å². The van der Waals surface area contributed by atoms with Crippen molar-refractivity contribution in [3.63, 3.8) is 0 Å². The Morgan fingerprint density at radius 2 is 1.54 bits per heavy atom. The van der Waals surface area contributed by atoms with Crippen LogP contribution in [-0.2, 0) is 42.5 Å². The van der Waals surface area contributed by atoms with E-state index < -0.39 is 0 Å². The van der Waals surface area contributed by atoms with Crippen molar-refractivity contribution < 1.29 is 49.0 Å². The number of aryl methyl sites for hydroxylation is 3. The van der Waals surface area contributed by atoms with E-state index in [9.17, 15) is 0 Å². The Morgan fingerprint density at radius 1 is 0.919 bits per heavy atom. The molecule has 1 aliphatic carbocycles. The average Bonchev–Trinajstić information content (AvgIpc) is 3.40. The van der Waals surface area contributed by atoms with Crippen molar-refractivity contribution in [2.24, 2.45) is 0 Å². The normalized spacial score (nSPS) is 10.8. The molecule has 0 aromatic heterocycles. The SMILES string of the molecule is CCc1[cH-]c(C)cc1C(C)(C)C.C[C](=[Zr+2])c1ccc(C)cc1.[Cl-].[Cl-].[c-]1cccc2c1Cc1ccccc1-2.